The Bertz CT molecular complexity index is 1230. The van der Waals surface area contributed by atoms with Crippen LogP contribution in [-0.4, -0.2) is 14.5 Å². The molecule has 0 bridgehead atoms. The molecular formula is C23H19ClN4. The largest absolute Gasteiger partial charge is 0.337 e. The fraction of sp³-hybridized carbons (Fsp3) is 0.130. The van der Waals surface area contributed by atoms with Crippen LogP contribution in [0.1, 0.15) is 28.3 Å². The maximum Gasteiger partial charge on any atom is 0.149 e. The molecule has 2 aromatic heterocycles. The number of rotatable bonds is 3. The number of nitrogens with zero attached hydrogens (tertiary/aromatic N) is 3. The van der Waals surface area contributed by atoms with Gasteiger partial charge in [-0.1, -0.05) is 29.8 Å². The lowest BCUT2D eigenvalue weighted by Crippen LogP contribution is -2.01. The molecule has 0 radical (unpaired) electrons. The standard InChI is InChI=1S/C23H19ClN4/c1-14-8-9-19(24)12-22(14)28-15(2)10-17(16(28)3)11-18(13-25)23-26-20-6-4-5-7-21(20)27-23/h4-12H,1-3H3,(H,26,27). The summed E-state index contributed by atoms with van der Waals surface area (Å²) in [6.07, 6.45) is 1.89. The number of hydrogen-bond donors (Lipinski definition) is 1. The molecule has 1 N–H and O–H groups in total. The molecule has 138 valence electrons. The number of aromatic nitrogens is 3. The molecule has 4 rings (SSSR count). The summed E-state index contributed by atoms with van der Waals surface area (Å²) in [4.78, 5) is 7.78. The van der Waals surface area contributed by atoms with Crippen molar-refractivity contribution < 1.29 is 0 Å². The van der Waals surface area contributed by atoms with E-state index in [2.05, 4.69) is 40.5 Å². The summed E-state index contributed by atoms with van der Waals surface area (Å²) in [5.41, 5.74) is 7.55. The van der Waals surface area contributed by atoms with Crippen LogP contribution in [0.15, 0.2) is 48.5 Å². The molecule has 5 heteroatoms. The average molecular weight is 387 g/mol. The van der Waals surface area contributed by atoms with Crippen LogP contribution in [0.2, 0.25) is 5.02 Å². The number of fused-ring (bicyclic) bond motifs is 1. The van der Waals surface area contributed by atoms with Gasteiger partial charge < -0.3 is 9.55 Å². The van der Waals surface area contributed by atoms with Crippen molar-refractivity contribution >= 4 is 34.3 Å². The van der Waals surface area contributed by atoms with Crippen LogP contribution in [0.3, 0.4) is 0 Å². The highest BCUT2D eigenvalue weighted by molar-refractivity contribution is 6.30. The van der Waals surface area contributed by atoms with Gasteiger partial charge >= 0.3 is 0 Å². The van der Waals surface area contributed by atoms with Crippen molar-refractivity contribution in [3.05, 3.63) is 81.9 Å². The Morgan fingerprint density at radius 1 is 1.14 bits per heavy atom. The fourth-order valence-electron chi connectivity index (χ4n) is 3.52. The molecule has 2 aromatic carbocycles. The zero-order chi connectivity index (χ0) is 19.8. The minimum Gasteiger partial charge on any atom is -0.337 e. The summed E-state index contributed by atoms with van der Waals surface area (Å²) < 4.78 is 2.17. The third-order valence-electron chi connectivity index (χ3n) is 4.95. The quantitative estimate of drug-likeness (QED) is 0.439. The van der Waals surface area contributed by atoms with Gasteiger partial charge in [-0.15, -0.1) is 0 Å². The first-order valence-corrected chi connectivity index (χ1v) is 9.38. The summed E-state index contributed by atoms with van der Waals surface area (Å²) in [5.74, 6) is 0.576. The van der Waals surface area contributed by atoms with E-state index in [0.29, 0.717) is 16.4 Å². The van der Waals surface area contributed by atoms with Gasteiger partial charge in [-0.05, 0) is 68.3 Å². The van der Waals surface area contributed by atoms with Gasteiger partial charge in [0.2, 0.25) is 0 Å². The molecule has 0 spiro atoms. The Hall–Kier alpha value is -3.29. The number of nitriles is 1. The van der Waals surface area contributed by atoms with E-state index in [1.165, 1.54) is 0 Å². The maximum atomic E-state index is 9.73. The molecule has 0 amide bonds. The molecule has 0 atom stereocenters. The van der Waals surface area contributed by atoms with Gasteiger partial charge in [0.1, 0.15) is 11.9 Å². The minimum atomic E-state index is 0.499. The normalized spacial score (nSPS) is 11.8. The average Bonchev–Trinajstić information content (AvgIpc) is 3.22. The number of para-hydroxylation sites is 2. The van der Waals surface area contributed by atoms with Crippen molar-refractivity contribution in [3.63, 3.8) is 0 Å². The highest BCUT2D eigenvalue weighted by Gasteiger charge is 2.14. The van der Waals surface area contributed by atoms with Crippen LogP contribution < -0.4 is 0 Å². The fourth-order valence-corrected chi connectivity index (χ4v) is 3.68. The minimum absolute atomic E-state index is 0.499. The first-order valence-electron chi connectivity index (χ1n) is 9.00. The second kappa shape index (κ2) is 7.03. The van der Waals surface area contributed by atoms with Gasteiger partial charge in [-0.3, -0.25) is 0 Å². The number of H-pyrrole nitrogens is 1. The highest BCUT2D eigenvalue weighted by atomic mass is 35.5. The van der Waals surface area contributed by atoms with E-state index >= 15 is 0 Å². The van der Waals surface area contributed by atoms with E-state index in [1.54, 1.807) is 0 Å². The van der Waals surface area contributed by atoms with Gasteiger partial charge in [-0.25, -0.2) is 4.98 Å². The van der Waals surface area contributed by atoms with Crippen molar-refractivity contribution in [2.45, 2.75) is 20.8 Å². The topological polar surface area (TPSA) is 57.4 Å². The predicted molar refractivity (Wildman–Crippen MR) is 115 cm³/mol. The third kappa shape index (κ3) is 3.11. The molecule has 4 nitrogen and oxygen atoms in total. The molecule has 0 aliphatic carbocycles. The van der Waals surface area contributed by atoms with Crippen molar-refractivity contribution in [1.82, 2.24) is 14.5 Å². The number of benzene rings is 2. The zero-order valence-electron chi connectivity index (χ0n) is 15.9. The summed E-state index contributed by atoms with van der Waals surface area (Å²) in [5, 5.41) is 10.4. The van der Waals surface area contributed by atoms with Crippen LogP contribution in [0, 0.1) is 32.1 Å². The van der Waals surface area contributed by atoms with E-state index in [9.17, 15) is 5.26 Å². The molecule has 0 aliphatic heterocycles. The van der Waals surface area contributed by atoms with Crippen LogP contribution >= 0.6 is 11.6 Å². The van der Waals surface area contributed by atoms with Gasteiger partial charge in [0, 0.05) is 22.1 Å². The predicted octanol–water partition coefficient (Wildman–Crippen LogP) is 6.00. The first-order chi connectivity index (χ1) is 13.5. The van der Waals surface area contributed by atoms with E-state index in [1.807, 2.05) is 55.5 Å². The Kier molecular flexibility index (Phi) is 4.54. The second-order valence-electron chi connectivity index (χ2n) is 6.87. The van der Waals surface area contributed by atoms with Gasteiger partial charge in [0.05, 0.1) is 16.6 Å². The number of aromatic amines is 1. The number of aryl methyl sites for hydroxylation is 2. The summed E-state index contributed by atoms with van der Waals surface area (Å²) in [6, 6.07) is 18.0. The van der Waals surface area contributed by atoms with E-state index in [-0.39, 0.29) is 0 Å². The van der Waals surface area contributed by atoms with Crippen molar-refractivity contribution in [2.24, 2.45) is 0 Å². The smallest absolute Gasteiger partial charge is 0.149 e. The number of imidazole rings is 1. The second-order valence-corrected chi connectivity index (χ2v) is 7.30. The first kappa shape index (κ1) is 18.1. The molecule has 0 unspecified atom stereocenters. The number of halogens is 1. The molecule has 4 aromatic rings. The van der Waals surface area contributed by atoms with Crippen molar-refractivity contribution in [2.75, 3.05) is 0 Å². The van der Waals surface area contributed by atoms with Crippen LogP contribution in [0.25, 0.3) is 28.4 Å². The van der Waals surface area contributed by atoms with Crippen molar-refractivity contribution in [3.8, 4) is 11.8 Å². The summed E-state index contributed by atoms with van der Waals surface area (Å²) >= 11 is 6.22. The number of allylic oxidation sites excluding steroid dienone is 1. The monoisotopic (exact) mass is 386 g/mol. The lowest BCUT2D eigenvalue weighted by molar-refractivity contribution is 0.954. The molecule has 0 aliphatic rings. The molecule has 0 saturated carbocycles. The van der Waals surface area contributed by atoms with Crippen LogP contribution in [0.4, 0.5) is 0 Å². The maximum absolute atomic E-state index is 9.73. The van der Waals surface area contributed by atoms with Crippen LogP contribution in [0.5, 0.6) is 0 Å². The molecule has 0 saturated heterocycles. The van der Waals surface area contributed by atoms with Crippen molar-refractivity contribution in [1.29, 1.82) is 5.26 Å². The Labute approximate surface area is 168 Å². The lowest BCUT2D eigenvalue weighted by atomic mass is 10.1. The van der Waals surface area contributed by atoms with Crippen LogP contribution in [-0.2, 0) is 0 Å². The molecule has 2 heterocycles. The number of hydrogen-bond acceptors (Lipinski definition) is 2. The number of nitrogens with one attached hydrogen (secondary N) is 1. The molecule has 0 fully saturated rings. The highest BCUT2D eigenvalue weighted by Crippen LogP contribution is 2.28. The summed E-state index contributed by atoms with van der Waals surface area (Å²) in [7, 11) is 0. The van der Waals surface area contributed by atoms with E-state index in [4.69, 9.17) is 11.6 Å². The van der Waals surface area contributed by atoms with E-state index in [0.717, 1.165) is 39.2 Å². The van der Waals surface area contributed by atoms with Gasteiger partial charge in [0.15, 0.2) is 0 Å². The molecular weight excluding hydrogens is 368 g/mol. The summed E-state index contributed by atoms with van der Waals surface area (Å²) in [6.45, 7) is 6.17. The Balaban J connectivity index is 1.83. The molecule has 28 heavy (non-hydrogen) atoms. The van der Waals surface area contributed by atoms with Gasteiger partial charge in [0.25, 0.3) is 0 Å². The SMILES string of the molecule is Cc1ccc(Cl)cc1-n1c(C)cc(C=C(C#N)c2nc3ccccc3[nH]2)c1C. The van der Waals surface area contributed by atoms with Gasteiger partial charge in [-0.2, -0.15) is 5.26 Å². The van der Waals surface area contributed by atoms with E-state index < -0.39 is 0 Å². The Morgan fingerprint density at radius 3 is 2.68 bits per heavy atom. The lowest BCUT2D eigenvalue weighted by Gasteiger charge is -2.13. The Morgan fingerprint density at radius 2 is 1.93 bits per heavy atom. The third-order valence-corrected chi connectivity index (χ3v) is 5.18. The zero-order valence-corrected chi connectivity index (χ0v) is 16.7.